The lowest BCUT2D eigenvalue weighted by Gasteiger charge is -2.06. The number of aryl methyl sites for hydroxylation is 2. The van der Waals surface area contributed by atoms with Crippen molar-refractivity contribution >= 4 is 34.5 Å². The number of hydrogen-bond donors (Lipinski definition) is 1. The van der Waals surface area contributed by atoms with E-state index < -0.39 is 0 Å². The van der Waals surface area contributed by atoms with Crippen LogP contribution in [0.1, 0.15) is 27.7 Å². The lowest BCUT2D eigenvalue weighted by atomic mass is 10.2. The fourth-order valence-corrected chi connectivity index (χ4v) is 2.62. The van der Waals surface area contributed by atoms with Crippen LogP contribution >= 0.6 is 22.9 Å². The maximum atomic E-state index is 12.1. The molecule has 2 rings (SSSR count). The minimum atomic E-state index is -0.0922. The molecule has 0 fully saturated rings. The average molecular weight is 281 g/mol. The van der Waals surface area contributed by atoms with E-state index in [0.29, 0.717) is 10.8 Å². The summed E-state index contributed by atoms with van der Waals surface area (Å²) in [5, 5.41) is 5.22. The zero-order valence-electron chi connectivity index (χ0n) is 10.2. The van der Waals surface area contributed by atoms with Crippen molar-refractivity contribution in [3.8, 4) is 0 Å². The second-order valence-corrected chi connectivity index (χ2v) is 5.19. The summed E-state index contributed by atoms with van der Waals surface area (Å²) >= 11 is 7.29. The molecule has 0 atom stereocenters. The molecule has 0 radical (unpaired) electrons. The van der Waals surface area contributed by atoms with Gasteiger partial charge in [0.15, 0.2) is 0 Å². The van der Waals surface area contributed by atoms with Crippen molar-refractivity contribution in [3.63, 3.8) is 0 Å². The van der Waals surface area contributed by atoms with Gasteiger partial charge in [-0.15, -0.1) is 11.3 Å². The quantitative estimate of drug-likeness (QED) is 0.866. The highest BCUT2D eigenvalue weighted by atomic mass is 35.5. The highest BCUT2D eigenvalue weighted by Gasteiger charge is 2.12. The van der Waals surface area contributed by atoms with Gasteiger partial charge in [-0.2, -0.15) is 0 Å². The van der Waals surface area contributed by atoms with E-state index in [2.05, 4.69) is 10.3 Å². The van der Waals surface area contributed by atoms with Crippen molar-refractivity contribution in [2.45, 2.75) is 20.3 Å². The fourth-order valence-electron chi connectivity index (χ4n) is 1.63. The molecule has 0 saturated carbocycles. The summed E-state index contributed by atoms with van der Waals surface area (Å²) in [6, 6.07) is 3.79. The first-order valence-electron chi connectivity index (χ1n) is 5.61. The van der Waals surface area contributed by atoms with Crippen LogP contribution in [0.4, 0.5) is 5.69 Å². The molecule has 0 saturated heterocycles. The molecule has 1 N–H and O–H groups in total. The molecule has 2 aromatic heterocycles. The molecule has 3 nitrogen and oxygen atoms in total. The zero-order valence-corrected chi connectivity index (χ0v) is 11.7. The van der Waals surface area contributed by atoms with E-state index in [4.69, 9.17) is 11.6 Å². The monoisotopic (exact) mass is 280 g/mol. The normalized spacial score (nSPS) is 10.4. The number of halogens is 1. The number of hydrogen-bond acceptors (Lipinski definition) is 3. The Balaban J connectivity index is 2.19. The Morgan fingerprint density at radius 2 is 2.33 bits per heavy atom. The molecule has 2 aromatic rings. The Morgan fingerprint density at radius 3 is 3.00 bits per heavy atom. The first-order chi connectivity index (χ1) is 8.61. The van der Waals surface area contributed by atoms with Crippen LogP contribution in [0.5, 0.6) is 0 Å². The van der Waals surface area contributed by atoms with Gasteiger partial charge in [0.2, 0.25) is 0 Å². The van der Waals surface area contributed by atoms with Gasteiger partial charge in [-0.1, -0.05) is 18.5 Å². The number of anilines is 1. The number of nitrogens with one attached hydrogen (secondary N) is 1. The third-order valence-electron chi connectivity index (χ3n) is 2.61. The van der Waals surface area contributed by atoms with Gasteiger partial charge in [0.05, 0.1) is 16.8 Å². The Kier molecular flexibility index (Phi) is 3.99. The summed E-state index contributed by atoms with van der Waals surface area (Å²) < 4.78 is 0. The molecular formula is C13H13ClN2OS. The molecular weight excluding hydrogens is 268 g/mol. The molecule has 2 heterocycles. The molecule has 0 aromatic carbocycles. The molecule has 0 aliphatic carbocycles. The first kappa shape index (κ1) is 13.1. The smallest absolute Gasteiger partial charge is 0.266 e. The zero-order chi connectivity index (χ0) is 13.1. The van der Waals surface area contributed by atoms with E-state index in [1.807, 2.05) is 31.4 Å². The maximum absolute atomic E-state index is 12.1. The molecule has 5 heteroatoms. The average Bonchev–Trinajstić information content (AvgIpc) is 2.82. The van der Waals surface area contributed by atoms with E-state index in [9.17, 15) is 4.79 Å². The van der Waals surface area contributed by atoms with Gasteiger partial charge in [0.25, 0.3) is 5.91 Å². The van der Waals surface area contributed by atoms with Crippen molar-refractivity contribution < 1.29 is 4.79 Å². The molecule has 0 spiro atoms. The number of nitrogens with zero attached hydrogens (tertiary/aromatic N) is 1. The lowest BCUT2D eigenvalue weighted by Crippen LogP contribution is -2.12. The van der Waals surface area contributed by atoms with Crippen molar-refractivity contribution in [1.29, 1.82) is 0 Å². The molecule has 0 bridgehead atoms. The first-order valence-corrected chi connectivity index (χ1v) is 6.87. The number of carbonyl (C=O) groups excluding carboxylic acids is 1. The van der Waals surface area contributed by atoms with Gasteiger partial charge in [0.1, 0.15) is 5.15 Å². The van der Waals surface area contributed by atoms with Crippen LogP contribution in [0.2, 0.25) is 5.15 Å². The molecule has 0 unspecified atom stereocenters. The van der Waals surface area contributed by atoms with Crippen LogP contribution in [0, 0.1) is 6.92 Å². The van der Waals surface area contributed by atoms with E-state index in [1.165, 1.54) is 11.3 Å². The highest BCUT2D eigenvalue weighted by Crippen LogP contribution is 2.21. The fraction of sp³-hybridized carbons (Fsp3) is 0.231. The van der Waals surface area contributed by atoms with Gasteiger partial charge >= 0.3 is 0 Å². The van der Waals surface area contributed by atoms with Crippen molar-refractivity contribution in [2.24, 2.45) is 0 Å². The number of amides is 1. The molecule has 0 aliphatic rings. The van der Waals surface area contributed by atoms with E-state index >= 15 is 0 Å². The summed E-state index contributed by atoms with van der Waals surface area (Å²) in [5.41, 5.74) is 2.57. The molecule has 0 aliphatic heterocycles. The van der Waals surface area contributed by atoms with E-state index in [0.717, 1.165) is 22.4 Å². The number of carbonyl (C=O) groups is 1. The largest absolute Gasteiger partial charge is 0.320 e. The standard InChI is InChI=1S/C13H13ClN2OS/c1-3-9-4-5-18-11(9)13(17)16-10-6-8(2)12(14)15-7-10/h4-7H,3H2,1-2H3,(H,16,17). The summed E-state index contributed by atoms with van der Waals surface area (Å²) in [4.78, 5) is 16.9. The number of thiophene rings is 1. The van der Waals surface area contributed by atoms with Gasteiger partial charge in [0, 0.05) is 0 Å². The molecule has 1 amide bonds. The third kappa shape index (κ3) is 2.71. The Hall–Kier alpha value is -1.39. The molecule has 94 valence electrons. The van der Waals surface area contributed by atoms with Crippen LogP contribution in [0.3, 0.4) is 0 Å². The van der Waals surface area contributed by atoms with Crippen LogP contribution in [0.15, 0.2) is 23.7 Å². The lowest BCUT2D eigenvalue weighted by molar-refractivity contribution is 0.103. The number of rotatable bonds is 3. The highest BCUT2D eigenvalue weighted by molar-refractivity contribution is 7.12. The van der Waals surface area contributed by atoms with E-state index in [1.54, 1.807) is 6.20 Å². The Labute approximate surface area is 115 Å². The van der Waals surface area contributed by atoms with E-state index in [-0.39, 0.29) is 5.91 Å². The summed E-state index contributed by atoms with van der Waals surface area (Å²) in [7, 11) is 0. The minimum absolute atomic E-state index is 0.0922. The predicted molar refractivity (Wildman–Crippen MR) is 75.6 cm³/mol. The second-order valence-electron chi connectivity index (χ2n) is 3.91. The predicted octanol–water partition coefficient (Wildman–Crippen LogP) is 3.92. The van der Waals surface area contributed by atoms with Gasteiger partial charge in [-0.25, -0.2) is 4.98 Å². The third-order valence-corrected chi connectivity index (χ3v) is 3.96. The van der Waals surface area contributed by atoms with Crippen molar-refractivity contribution in [2.75, 3.05) is 5.32 Å². The minimum Gasteiger partial charge on any atom is -0.320 e. The summed E-state index contributed by atoms with van der Waals surface area (Å²) in [6.45, 7) is 3.89. The van der Waals surface area contributed by atoms with Gasteiger partial charge in [-0.05, 0) is 42.0 Å². The van der Waals surface area contributed by atoms with Gasteiger partial charge in [-0.3, -0.25) is 4.79 Å². The van der Waals surface area contributed by atoms with Crippen molar-refractivity contribution in [1.82, 2.24) is 4.98 Å². The van der Waals surface area contributed by atoms with Crippen LogP contribution in [0.25, 0.3) is 0 Å². The molecule has 18 heavy (non-hydrogen) atoms. The maximum Gasteiger partial charge on any atom is 0.266 e. The number of pyridine rings is 1. The Morgan fingerprint density at radius 1 is 1.56 bits per heavy atom. The van der Waals surface area contributed by atoms with Crippen LogP contribution < -0.4 is 5.32 Å². The second kappa shape index (κ2) is 5.50. The SMILES string of the molecule is CCc1ccsc1C(=O)Nc1cnc(Cl)c(C)c1. The topological polar surface area (TPSA) is 42.0 Å². The summed E-state index contributed by atoms with van der Waals surface area (Å²) in [6.07, 6.45) is 2.41. The Bertz CT molecular complexity index is 580. The summed E-state index contributed by atoms with van der Waals surface area (Å²) in [5.74, 6) is -0.0922. The number of aromatic nitrogens is 1. The van der Waals surface area contributed by atoms with Crippen LogP contribution in [-0.4, -0.2) is 10.9 Å². The van der Waals surface area contributed by atoms with Crippen molar-refractivity contribution in [3.05, 3.63) is 44.9 Å². The van der Waals surface area contributed by atoms with Crippen LogP contribution in [-0.2, 0) is 6.42 Å². The van der Waals surface area contributed by atoms with Gasteiger partial charge < -0.3 is 5.32 Å².